The lowest BCUT2D eigenvalue weighted by atomic mass is 10.0. The van der Waals surface area contributed by atoms with E-state index >= 15 is 0 Å². The largest absolute Gasteiger partial charge is 0.493 e. The summed E-state index contributed by atoms with van der Waals surface area (Å²) in [5.74, 6) is 0.623. The molecule has 1 aliphatic heterocycles. The quantitative estimate of drug-likeness (QED) is 0.906. The van der Waals surface area contributed by atoms with E-state index in [-0.39, 0.29) is 11.9 Å². The summed E-state index contributed by atoms with van der Waals surface area (Å²) in [5, 5.41) is 2.99. The van der Waals surface area contributed by atoms with Crippen molar-refractivity contribution in [2.24, 2.45) is 0 Å². The van der Waals surface area contributed by atoms with E-state index < -0.39 is 0 Å². The summed E-state index contributed by atoms with van der Waals surface area (Å²) in [7, 11) is 0. The van der Waals surface area contributed by atoms with Crippen molar-refractivity contribution in [2.45, 2.75) is 19.4 Å². The van der Waals surface area contributed by atoms with Gasteiger partial charge in [-0.05, 0) is 13.0 Å². The van der Waals surface area contributed by atoms with Crippen molar-refractivity contribution in [3.05, 3.63) is 53.6 Å². The topological polar surface area (TPSA) is 64.1 Å². The number of hydrogen-bond acceptors (Lipinski definition) is 4. The van der Waals surface area contributed by atoms with Crippen LogP contribution in [-0.4, -0.2) is 22.5 Å². The molecule has 0 fully saturated rings. The van der Waals surface area contributed by atoms with Crippen LogP contribution in [0.5, 0.6) is 5.75 Å². The number of para-hydroxylation sites is 1. The molecule has 20 heavy (non-hydrogen) atoms. The van der Waals surface area contributed by atoms with Gasteiger partial charge in [0.1, 0.15) is 11.4 Å². The van der Waals surface area contributed by atoms with Gasteiger partial charge in [-0.25, -0.2) is 4.98 Å². The average Bonchev–Trinajstić information content (AvgIpc) is 2.48. The van der Waals surface area contributed by atoms with Crippen molar-refractivity contribution in [1.82, 2.24) is 15.3 Å². The fourth-order valence-corrected chi connectivity index (χ4v) is 2.23. The van der Waals surface area contributed by atoms with Gasteiger partial charge in [0.05, 0.1) is 24.5 Å². The minimum atomic E-state index is -0.209. The van der Waals surface area contributed by atoms with Crippen molar-refractivity contribution >= 4 is 5.91 Å². The van der Waals surface area contributed by atoms with Gasteiger partial charge in [-0.1, -0.05) is 18.2 Å². The average molecular weight is 269 g/mol. The van der Waals surface area contributed by atoms with Crippen molar-refractivity contribution in [1.29, 1.82) is 0 Å². The predicted octanol–water partition coefficient (Wildman–Crippen LogP) is 2.04. The first-order chi connectivity index (χ1) is 9.74. The highest BCUT2D eigenvalue weighted by atomic mass is 16.5. The number of amides is 1. The molecule has 1 N–H and O–H groups in total. The maximum Gasteiger partial charge on any atom is 0.271 e. The molecule has 2 heterocycles. The monoisotopic (exact) mass is 269 g/mol. The number of rotatable bonds is 2. The van der Waals surface area contributed by atoms with Crippen LogP contribution in [0, 0.1) is 6.92 Å². The molecular weight excluding hydrogens is 254 g/mol. The number of aryl methyl sites for hydroxylation is 1. The normalized spacial score (nSPS) is 16.9. The molecule has 102 valence electrons. The van der Waals surface area contributed by atoms with Gasteiger partial charge in [0.15, 0.2) is 0 Å². The van der Waals surface area contributed by atoms with Gasteiger partial charge in [0, 0.05) is 18.2 Å². The minimum Gasteiger partial charge on any atom is -0.493 e. The van der Waals surface area contributed by atoms with E-state index in [1.54, 1.807) is 6.20 Å². The second-order valence-corrected chi connectivity index (χ2v) is 4.74. The molecule has 0 radical (unpaired) electrons. The van der Waals surface area contributed by atoms with Crippen LogP contribution in [0.1, 0.15) is 34.2 Å². The van der Waals surface area contributed by atoms with Crippen LogP contribution in [0.4, 0.5) is 0 Å². The van der Waals surface area contributed by atoms with Crippen molar-refractivity contribution in [3.63, 3.8) is 0 Å². The van der Waals surface area contributed by atoms with Crippen molar-refractivity contribution < 1.29 is 9.53 Å². The molecule has 0 saturated heterocycles. The number of carbonyl (C=O) groups is 1. The van der Waals surface area contributed by atoms with Crippen LogP contribution in [0.2, 0.25) is 0 Å². The number of benzene rings is 1. The zero-order valence-electron chi connectivity index (χ0n) is 11.2. The Labute approximate surface area is 117 Å². The van der Waals surface area contributed by atoms with E-state index in [2.05, 4.69) is 15.3 Å². The lowest BCUT2D eigenvalue weighted by Gasteiger charge is -2.26. The molecule has 5 nitrogen and oxygen atoms in total. The highest BCUT2D eigenvalue weighted by Crippen LogP contribution is 2.31. The Morgan fingerprint density at radius 3 is 2.95 bits per heavy atom. The lowest BCUT2D eigenvalue weighted by Crippen LogP contribution is -2.32. The number of nitrogens with zero attached hydrogens (tertiary/aromatic N) is 2. The first-order valence-electron chi connectivity index (χ1n) is 6.55. The molecule has 2 aromatic rings. The zero-order chi connectivity index (χ0) is 13.9. The highest BCUT2D eigenvalue weighted by molar-refractivity contribution is 5.92. The van der Waals surface area contributed by atoms with Crippen molar-refractivity contribution in [2.75, 3.05) is 6.61 Å². The van der Waals surface area contributed by atoms with Gasteiger partial charge in [0.2, 0.25) is 0 Å². The van der Waals surface area contributed by atoms with E-state index in [0.717, 1.165) is 23.4 Å². The summed E-state index contributed by atoms with van der Waals surface area (Å²) in [5.41, 5.74) is 2.13. The molecule has 0 saturated carbocycles. The van der Waals surface area contributed by atoms with Crippen LogP contribution in [0.15, 0.2) is 36.7 Å². The van der Waals surface area contributed by atoms with Crippen LogP contribution in [-0.2, 0) is 0 Å². The van der Waals surface area contributed by atoms with E-state index in [1.165, 1.54) is 6.20 Å². The summed E-state index contributed by atoms with van der Waals surface area (Å²) in [4.78, 5) is 20.4. The van der Waals surface area contributed by atoms with Gasteiger partial charge in [-0.2, -0.15) is 0 Å². The molecule has 1 aromatic carbocycles. The van der Waals surface area contributed by atoms with Crippen LogP contribution >= 0.6 is 0 Å². The van der Waals surface area contributed by atoms with Gasteiger partial charge < -0.3 is 10.1 Å². The van der Waals surface area contributed by atoms with Crippen LogP contribution in [0.3, 0.4) is 0 Å². The number of ether oxygens (including phenoxy) is 1. The maximum atomic E-state index is 12.2. The summed E-state index contributed by atoms with van der Waals surface area (Å²) in [6, 6.07) is 7.71. The lowest BCUT2D eigenvalue weighted by molar-refractivity contribution is 0.0919. The summed E-state index contributed by atoms with van der Waals surface area (Å²) < 4.78 is 5.58. The molecule has 0 spiro atoms. The first kappa shape index (κ1) is 12.6. The summed E-state index contributed by atoms with van der Waals surface area (Å²) in [6.07, 6.45) is 3.84. The Balaban J connectivity index is 1.79. The smallest absolute Gasteiger partial charge is 0.271 e. The van der Waals surface area contributed by atoms with Gasteiger partial charge in [-0.3, -0.25) is 9.78 Å². The number of hydrogen-bond donors (Lipinski definition) is 1. The minimum absolute atomic E-state index is 0.0458. The van der Waals surface area contributed by atoms with Crippen molar-refractivity contribution in [3.8, 4) is 5.75 Å². The molecule has 3 rings (SSSR count). The Bertz CT molecular complexity index is 625. The summed E-state index contributed by atoms with van der Waals surface area (Å²) >= 11 is 0. The second-order valence-electron chi connectivity index (χ2n) is 4.74. The Hall–Kier alpha value is -2.43. The number of aromatic nitrogens is 2. The molecule has 5 heteroatoms. The Morgan fingerprint density at radius 2 is 2.15 bits per heavy atom. The number of fused-ring (bicyclic) bond motifs is 1. The van der Waals surface area contributed by atoms with Crippen LogP contribution in [0.25, 0.3) is 0 Å². The van der Waals surface area contributed by atoms with E-state index in [9.17, 15) is 4.79 Å². The third-order valence-electron chi connectivity index (χ3n) is 3.28. The molecule has 0 bridgehead atoms. The van der Waals surface area contributed by atoms with Gasteiger partial charge in [-0.15, -0.1) is 0 Å². The molecule has 0 aliphatic carbocycles. The number of nitrogens with one attached hydrogen (secondary N) is 1. The second kappa shape index (κ2) is 5.28. The Kier molecular flexibility index (Phi) is 3.33. The fourth-order valence-electron chi connectivity index (χ4n) is 2.23. The van der Waals surface area contributed by atoms with E-state index in [0.29, 0.717) is 12.3 Å². The third kappa shape index (κ3) is 2.47. The first-order valence-corrected chi connectivity index (χ1v) is 6.55. The van der Waals surface area contributed by atoms with Crippen LogP contribution < -0.4 is 10.1 Å². The zero-order valence-corrected chi connectivity index (χ0v) is 11.2. The molecule has 1 aromatic heterocycles. The van der Waals surface area contributed by atoms with E-state index in [4.69, 9.17) is 4.74 Å². The van der Waals surface area contributed by atoms with E-state index in [1.807, 2.05) is 31.2 Å². The Morgan fingerprint density at radius 1 is 1.30 bits per heavy atom. The molecule has 1 atom stereocenters. The molecule has 1 unspecified atom stereocenters. The SMILES string of the molecule is Cc1cnc(C(=O)NC2CCOc3ccccc32)cn1. The van der Waals surface area contributed by atoms with Gasteiger partial charge >= 0.3 is 0 Å². The highest BCUT2D eigenvalue weighted by Gasteiger charge is 2.23. The standard InChI is InChI=1S/C15H15N3O2/c1-10-8-17-13(9-16-10)15(19)18-12-6-7-20-14-5-3-2-4-11(12)14/h2-5,8-9,12H,6-7H2,1H3,(H,18,19). The summed E-state index contributed by atoms with van der Waals surface area (Å²) in [6.45, 7) is 2.44. The maximum absolute atomic E-state index is 12.2. The van der Waals surface area contributed by atoms with Gasteiger partial charge in [0.25, 0.3) is 5.91 Å². The number of carbonyl (C=O) groups excluding carboxylic acids is 1. The third-order valence-corrected chi connectivity index (χ3v) is 3.28. The fraction of sp³-hybridized carbons (Fsp3) is 0.267. The molecule has 1 aliphatic rings. The molecular formula is C15H15N3O2. The molecule has 1 amide bonds. The predicted molar refractivity (Wildman–Crippen MR) is 73.5 cm³/mol.